The Labute approximate surface area is 92.6 Å². The van der Waals surface area contributed by atoms with Crippen molar-refractivity contribution in [3.63, 3.8) is 0 Å². The molecule has 0 amide bonds. The third-order valence-electron chi connectivity index (χ3n) is 2.25. The van der Waals surface area contributed by atoms with E-state index in [1.165, 1.54) is 12.7 Å². The smallest absolute Gasteiger partial charge is 0.190 e. The summed E-state index contributed by atoms with van der Waals surface area (Å²) in [5, 5.41) is 9.22. The summed E-state index contributed by atoms with van der Waals surface area (Å²) in [5.74, 6) is 0.246. The van der Waals surface area contributed by atoms with E-state index in [2.05, 4.69) is 15.0 Å². The zero-order valence-electron chi connectivity index (χ0n) is 8.41. The third-order valence-corrected chi connectivity index (χ3v) is 2.25. The molecule has 2 aromatic rings. The van der Waals surface area contributed by atoms with Crippen LogP contribution in [-0.4, -0.2) is 15.0 Å². The van der Waals surface area contributed by atoms with Crippen LogP contribution in [0.5, 0.6) is 0 Å². The summed E-state index contributed by atoms with van der Waals surface area (Å²) in [6.07, 6.45) is 2.65. The topological polar surface area (TPSA) is 88.5 Å². The van der Waals surface area contributed by atoms with Crippen molar-refractivity contribution in [3.05, 3.63) is 54.4 Å². The second-order valence-corrected chi connectivity index (χ2v) is 3.25. The maximum atomic E-state index is 9.22. The van der Waals surface area contributed by atoms with E-state index in [0.717, 1.165) is 0 Å². The first-order valence-corrected chi connectivity index (χ1v) is 4.65. The molecule has 1 unspecified atom stereocenters. The number of nitriles is 1. The molecule has 5 nitrogen and oxygen atoms in total. The average Bonchev–Trinajstić information content (AvgIpc) is 2.40. The van der Waals surface area contributed by atoms with Gasteiger partial charge in [-0.2, -0.15) is 5.26 Å². The lowest BCUT2D eigenvalue weighted by atomic mass is 9.92. The number of hydrogen-bond acceptors (Lipinski definition) is 5. The van der Waals surface area contributed by atoms with Gasteiger partial charge in [0.1, 0.15) is 12.7 Å². The van der Waals surface area contributed by atoms with Gasteiger partial charge < -0.3 is 5.73 Å². The molecule has 2 N–H and O–H groups in total. The van der Waals surface area contributed by atoms with Crippen molar-refractivity contribution in [2.75, 3.05) is 0 Å². The average molecular weight is 211 g/mol. The van der Waals surface area contributed by atoms with Crippen molar-refractivity contribution in [3.8, 4) is 6.07 Å². The Morgan fingerprint density at radius 1 is 1.12 bits per heavy atom. The molecule has 1 atom stereocenters. The zero-order valence-corrected chi connectivity index (χ0v) is 8.41. The van der Waals surface area contributed by atoms with Crippen molar-refractivity contribution in [1.82, 2.24) is 15.0 Å². The lowest BCUT2D eigenvalue weighted by Gasteiger charge is -2.19. The predicted octanol–water partition coefficient (Wildman–Crippen LogP) is 0.597. The van der Waals surface area contributed by atoms with Crippen LogP contribution in [0.15, 0.2) is 43.0 Å². The Hall–Kier alpha value is -2.32. The molecule has 2 rings (SSSR count). The Balaban J connectivity index is 2.55. The second-order valence-electron chi connectivity index (χ2n) is 3.25. The van der Waals surface area contributed by atoms with E-state index in [1.54, 1.807) is 12.1 Å². The van der Waals surface area contributed by atoms with Gasteiger partial charge in [-0.1, -0.05) is 30.3 Å². The first-order valence-electron chi connectivity index (χ1n) is 4.65. The van der Waals surface area contributed by atoms with Crippen molar-refractivity contribution < 1.29 is 0 Å². The Morgan fingerprint density at radius 3 is 2.31 bits per heavy atom. The summed E-state index contributed by atoms with van der Waals surface area (Å²) in [6, 6.07) is 11.1. The highest BCUT2D eigenvalue weighted by Gasteiger charge is 2.32. The Bertz CT molecular complexity index is 463. The highest BCUT2D eigenvalue weighted by atomic mass is 15.0. The highest BCUT2D eigenvalue weighted by molar-refractivity contribution is 5.37. The molecule has 1 aromatic heterocycles. The van der Waals surface area contributed by atoms with Gasteiger partial charge in [-0.3, -0.25) is 0 Å². The van der Waals surface area contributed by atoms with Crippen LogP contribution in [-0.2, 0) is 5.54 Å². The molecular weight excluding hydrogens is 202 g/mol. The van der Waals surface area contributed by atoms with E-state index in [9.17, 15) is 5.26 Å². The lowest BCUT2D eigenvalue weighted by Crippen LogP contribution is -2.38. The molecule has 0 spiro atoms. The maximum Gasteiger partial charge on any atom is 0.190 e. The fraction of sp³-hybridized carbons (Fsp3) is 0.0909. The van der Waals surface area contributed by atoms with Gasteiger partial charge in [0.05, 0.1) is 6.07 Å². The van der Waals surface area contributed by atoms with Crippen LogP contribution in [0.2, 0.25) is 0 Å². The zero-order chi connectivity index (χ0) is 11.4. The number of nitrogens with two attached hydrogens (primary N) is 1. The SMILES string of the molecule is N#CC(N)(c1ccccc1)c1ncncn1. The van der Waals surface area contributed by atoms with E-state index in [-0.39, 0.29) is 5.82 Å². The minimum atomic E-state index is -1.33. The minimum Gasteiger partial charge on any atom is -0.303 e. The molecule has 16 heavy (non-hydrogen) atoms. The van der Waals surface area contributed by atoms with Gasteiger partial charge in [-0.15, -0.1) is 0 Å². The van der Waals surface area contributed by atoms with E-state index in [1.807, 2.05) is 24.3 Å². The number of aromatic nitrogens is 3. The van der Waals surface area contributed by atoms with E-state index < -0.39 is 5.54 Å². The molecule has 0 fully saturated rings. The normalized spacial score (nSPS) is 13.8. The fourth-order valence-electron chi connectivity index (χ4n) is 1.39. The Morgan fingerprint density at radius 2 is 1.75 bits per heavy atom. The number of rotatable bonds is 2. The van der Waals surface area contributed by atoms with E-state index >= 15 is 0 Å². The molecule has 1 heterocycles. The van der Waals surface area contributed by atoms with Crippen molar-refractivity contribution in [2.45, 2.75) is 5.54 Å². The van der Waals surface area contributed by atoms with Crippen LogP contribution in [0.4, 0.5) is 0 Å². The fourth-order valence-corrected chi connectivity index (χ4v) is 1.39. The van der Waals surface area contributed by atoms with Gasteiger partial charge >= 0.3 is 0 Å². The first kappa shape index (κ1) is 10.2. The largest absolute Gasteiger partial charge is 0.303 e. The highest BCUT2D eigenvalue weighted by Crippen LogP contribution is 2.22. The monoisotopic (exact) mass is 211 g/mol. The molecule has 0 saturated carbocycles. The third kappa shape index (κ3) is 1.62. The van der Waals surface area contributed by atoms with Gasteiger partial charge in [-0.05, 0) is 5.56 Å². The number of nitrogens with zero attached hydrogens (tertiary/aromatic N) is 4. The standard InChI is InChI=1S/C11H9N5/c12-6-11(13,9-4-2-1-3-5-9)10-15-7-14-8-16-10/h1-5,7-8H,13H2. The predicted molar refractivity (Wildman–Crippen MR) is 56.8 cm³/mol. The summed E-state index contributed by atoms with van der Waals surface area (Å²) in [6.45, 7) is 0. The maximum absolute atomic E-state index is 9.22. The van der Waals surface area contributed by atoms with Gasteiger partial charge in [0.2, 0.25) is 0 Å². The lowest BCUT2D eigenvalue weighted by molar-refractivity contribution is 0.633. The molecule has 0 aliphatic carbocycles. The van der Waals surface area contributed by atoms with Crippen LogP contribution in [0.1, 0.15) is 11.4 Å². The van der Waals surface area contributed by atoms with E-state index in [4.69, 9.17) is 5.73 Å². The first-order chi connectivity index (χ1) is 7.77. The molecule has 0 saturated heterocycles. The van der Waals surface area contributed by atoms with Crippen LogP contribution in [0.3, 0.4) is 0 Å². The Kier molecular flexibility index (Phi) is 2.58. The molecule has 78 valence electrons. The van der Waals surface area contributed by atoms with E-state index in [0.29, 0.717) is 5.56 Å². The molecule has 0 aliphatic rings. The van der Waals surface area contributed by atoms with Crippen LogP contribution < -0.4 is 5.73 Å². The molecule has 0 bridgehead atoms. The van der Waals surface area contributed by atoms with Crippen LogP contribution in [0.25, 0.3) is 0 Å². The summed E-state index contributed by atoms with van der Waals surface area (Å²) >= 11 is 0. The summed E-state index contributed by atoms with van der Waals surface area (Å²) in [7, 11) is 0. The summed E-state index contributed by atoms with van der Waals surface area (Å²) in [4.78, 5) is 11.6. The summed E-state index contributed by atoms with van der Waals surface area (Å²) < 4.78 is 0. The minimum absolute atomic E-state index is 0.246. The second kappa shape index (κ2) is 4.04. The van der Waals surface area contributed by atoms with Gasteiger partial charge in [0.25, 0.3) is 0 Å². The van der Waals surface area contributed by atoms with Crippen molar-refractivity contribution in [2.24, 2.45) is 5.73 Å². The molecule has 1 aromatic carbocycles. The number of hydrogen-bond donors (Lipinski definition) is 1. The van der Waals surface area contributed by atoms with Gasteiger partial charge in [0, 0.05) is 0 Å². The molecular formula is C11H9N5. The molecule has 0 aliphatic heterocycles. The van der Waals surface area contributed by atoms with Crippen molar-refractivity contribution >= 4 is 0 Å². The van der Waals surface area contributed by atoms with Crippen LogP contribution in [0, 0.1) is 11.3 Å². The number of benzene rings is 1. The molecule has 5 heteroatoms. The molecule has 0 radical (unpaired) electrons. The summed E-state index contributed by atoms with van der Waals surface area (Å²) in [5.41, 5.74) is 5.35. The van der Waals surface area contributed by atoms with Gasteiger partial charge in [0.15, 0.2) is 11.4 Å². The van der Waals surface area contributed by atoms with Crippen molar-refractivity contribution in [1.29, 1.82) is 5.26 Å². The van der Waals surface area contributed by atoms with Crippen LogP contribution >= 0.6 is 0 Å². The van der Waals surface area contributed by atoms with Gasteiger partial charge in [-0.25, -0.2) is 15.0 Å². The quantitative estimate of drug-likeness (QED) is 0.785.